The predicted octanol–water partition coefficient (Wildman–Crippen LogP) is 1.55. The van der Waals surface area contributed by atoms with Gasteiger partial charge in [0, 0.05) is 24.8 Å². The minimum absolute atomic E-state index is 0.132. The highest BCUT2D eigenvalue weighted by Gasteiger charge is 2.25. The normalized spacial score (nSPS) is 12.0. The van der Waals surface area contributed by atoms with Gasteiger partial charge in [-0.2, -0.15) is 0 Å². The number of aryl methyl sites for hydroxylation is 1. The summed E-state index contributed by atoms with van der Waals surface area (Å²) in [4.78, 5) is 36.0. The molecule has 0 saturated heterocycles. The number of carboxylic acids is 1. The van der Waals surface area contributed by atoms with Gasteiger partial charge < -0.3 is 14.6 Å². The first-order chi connectivity index (χ1) is 9.27. The zero-order chi connectivity index (χ0) is 15.4. The largest absolute Gasteiger partial charge is 0.480 e. The zero-order valence-corrected chi connectivity index (χ0v) is 12.2. The second-order valence-electron chi connectivity index (χ2n) is 4.87. The first kappa shape index (κ1) is 15.9. The molecule has 6 heteroatoms. The Balaban J connectivity index is 3.11. The molecule has 0 aliphatic carbocycles. The number of carboxylic acid groups (broad SMARTS) is 1. The van der Waals surface area contributed by atoms with E-state index < -0.39 is 5.97 Å². The number of rotatable bonds is 6. The molecule has 0 aliphatic rings. The summed E-state index contributed by atoms with van der Waals surface area (Å²) in [5, 5.41) is 8.93. The fraction of sp³-hybridized carbons (Fsp3) is 0.500. The molecule has 1 heterocycles. The Labute approximate surface area is 118 Å². The maximum absolute atomic E-state index is 12.5. The van der Waals surface area contributed by atoms with Crippen LogP contribution in [0.5, 0.6) is 0 Å². The number of amides is 1. The maximum atomic E-state index is 12.5. The monoisotopic (exact) mass is 280 g/mol. The molecule has 1 rings (SSSR count). The lowest BCUT2D eigenvalue weighted by Crippen LogP contribution is -2.42. The minimum Gasteiger partial charge on any atom is -0.480 e. The Hall–Kier alpha value is -2.11. The highest BCUT2D eigenvalue weighted by molar-refractivity contribution is 6.00. The van der Waals surface area contributed by atoms with Crippen LogP contribution in [0.25, 0.3) is 0 Å². The van der Waals surface area contributed by atoms with Crippen LogP contribution >= 0.6 is 0 Å². The third-order valence-electron chi connectivity index (χ3n) is 3.32. The Bertz CT molecular complexity index is 533. The number of aromatic nitrogens is 1. The molecule has 0 radical (unpaired) electrons. The van der Waals surface area contributed by atoms with Crippen LogP contribution in [-0.4, -0.2) is 44.8 Å². The SMILES string of the molecule is CCC(C)N(CC(=O)O)C(=O)c1cc(C(C)=O)cn1C. The van der Waals surface area contributed by atoms with Gasteiger partial charge in [-0.3, -0.25) is 14.4 Å². The van der Waals surface area contributed by atoms with E-state index in [-0.39, 0.29) is 24.3 Å². The number of hydrogen-bond acceptors (Lipinski definition) is 3. The second kappa shape index (κ2) is 6.36. The smallest absolute Gasteiger partial charge is 0.323 e. The van der Waals surface area contributed by atoms with Crippen molar-refractivity contribution in [3.05, 3.63) is 23.5 Å². The van der Waals surface area contributed by atoms with E-state index >= 15 is 0 Å². The van der Waals surface area contributed by atoms with E-state index in [1.807, 2.05) is 6.92 Å². The van der Waals surface area contributed by atoms with Crippen LogP contribution in [-0.2, 0) is 11.8 Å². The molecule has 0 aromatic carbocycles. The molecule has 0 bridgehead atoms. The fourth-order valence-electron chi connectivity index (χ4n) is 1.91. The topological polar surface area (TPSA) is 79.6 Å². The summed E-state index contributed by atoms with van der Waals surface area (Å²) in [7, 11) is 1.66. The van der Waals surface area contributed by atoms with Gasteiger partial charge in [-0.25, -0.2) is 0 Å². The van der Waals surface area contributed by atoms with Crippen molar-refractivity contribution in [2.45, 2.75) is 33.2 Å². The van der Waals surface area contributed by atoms with Crippen molar-refractivity contribution in [1.82, 2.24) is 9.47 Å². The number of ketones is 1. The molecule has 1 atom stereocenters. The van der Waals surface area contributed by atoms with Crippen molar-refractivity contribution in [2.75, 3.05) is 6.54 Å². The minimum atomic E-state index is -1.06. The molecule has 1 aromatic rings. The molecule has 6 nitrogen and oxygen atoms in total. The summed E-state index contributed by atoms with van der Waals surface area (Å²) < 4.78 is 1.55. The standard InChI is InChI=1S/C14H20N2O4/c1-5-9(2)16(8-13(18)19)14(20)12-6-11(10(3)17)7-15(12)4/h6-7,9H,5,8H2,1-4H3,(H,18,19). The van der Waals surface area contributed by atoms with Gasteiger partial charge in [0.25, 0.3) is 5.91 Å². The molecule has 0 aliphatic heterocycles. The summed E-state index contributed by atoms with van der Waals surface area (Å²) >= 11 is 0. The number of carbonyl (C=O) groups is 3. The van der Waals surface area contributed by atoms with Gasteiger partial charge in [0.05, 0.1) is 0 Å². The van der Waals surface area contributed by atoms with Gasteiger partial charge in [0.2, 0.25) is 0 Å². The van der Waals surface area contributed by atoms with E-state index in [1.165, 1.54) is 17.9 Å². The molecule has 1 unspecified atom stereocenters. The van der Waals surface area contributed by atoms with Crippen LogP contribution in [0.15, 0.2) is 12.3 Å². The van der Waals surface area contributed by atoms with Gasteiger partial charge in [0.1, 0.15) is 12.2 Å². The van der Waals surface area contributed by atoms with Gasteiger partial charge in [-0.05, 0) is 26.3 Å². The lowest BCUT2D eigenvalue weighted by molar-refractivity contribution is -0.138. The average Bonchev–Trinajstić information content (AvgIpc) is 2.76. The van der Waals surface area contributed by atoms with Gasteiger partial charge in [-0.15, -0.1) is 0 Å². The third kappa shape index (κ3) is 3.46. The van der Waals surface area contributed by atoms with Crippen molar-refractivity contribution in [3.63, 3.8) is 0 Å². The fourth-order valence-corrected chi connectivity index (χ4v) is 1.91. The van der Waals surface area contributed by atoms with E-state index in [4.69, 9.17) is 5.11 Å². The van der Waals surface area contributed by atoms with E-state index in [2.05, 4.69) is 0 Å². The second-order valence-corrected chi connectivity index (χ2v) is 4.87. The summed E-state index contributed by atoms with van der Waals surface area (Å²) in [5.74, 6) is -1.57. The lowest BCUT2D eigenvalue weighted by Gasteiger charge is -2.27. The predicted molar refractivity (Wildman–Crippen MR) is 73.8 cm³/mol. The number of hydrogen-bond donors (Lipinski definition) is 1. The highest BCUT2D eigenvalue weighted by Crippen LogP contribution is 2.14. The molecule has 0 saturated carbocycles. The van der Waals surface area contributed by atoms with Crippen molar-refractivity contribution in [1.29, 1.82) is 0 Å². The van der Waals surface area contributed by atoms with Gasteiger partial charge in [0.15, 0.2) is 5.78 Å². The van der Waals surface area contributed by atoms with Crippen LogP contribution in [0.1, 0.15) is 48.0 Å². The van der Waals surface area contributed by atoms with Crippen molar-refractivity contribution in [2.24, 2.45) is 7.05 Å². The van der Waals surface area contributed by atoms with Crippen molar-refractivity contribution >= 4 is 17.7 Å². The Morgan fingerprint density at radius 2 is 2.00 bits per heavy atom. The molecule has 1 N–H and O–H groups in total. The number of aliphatic carboxylic acids is 1. The number of nitrogens with zero attached hydrogens (tertiary/aromatic N) is 2. The quantitative estimate of drug-likeness (QED) is 0.802. The number of Topliss-reactive ketones (excluding diaryl/α,β-unsaturated/α-hetero) is 1. The molecular weight excluding hydrogens is 260 g/mol. The molecule has 1 aromatic heterocycles. The van der Waals surface area contributed by atoms with E-state index in [9.17, 15) is 14.4 Å². The zero-order valence-electron chi connectivity index (χ0n) is 12.2. The van der Waals surface area contributed by atoms with E-state index in [0.29, 0.717) is 17.7 Å². The maximum Gasteiger partial charge on any atom is 0.323 e. The average molecular weight is 280 g/mol. The van der Waals surface area contributed by atoms with Crippen LogP contribution in [0.4, 0.5) is 0 Å². The Kier molecular flexibility index (Phi) is 5.07. The lowest BCUT2D eigenvalue weighted by atomic mass is 10.2. The van der Waals surface area contributed by atoms with Crippen LogP contribution in [0.3, 0.4) is 0 Å². The highest BCUT2D eigenvalue weighted by atomic mass is 16.4. The van der Waals surface area contributed by atoms with E-state index in [0.717, 1.165) is 0 Å². The first-order valence-corrected chi connectivity index (χ1v) is 6.48. The van der Waals surface area contributed by atoms with Crippen molar-refractivity contribution < 1.29 is 19.5 Å². The molecule has 110 valence electrons. The molecular formula is C14H20N2O4. The summed E-state index contributed by atoms with van der Waals surface area (Å²) in [6, 6.07) is 1.32. The molecule has 1 amide bonds. The first-order valence-electron chi connectivity index (χ1n) is 6.48. The Morgan fingerprint density at radius 1 is 1.40 bits per heavy atom. The van der Waals surface area contributed by atoms with E-state index in [1.54, 1.807) is 24.7 Å². The van der Waals surface area contributed by atoms with Gasteiger partial charge in [-0.1, -0.05) is 6.92 Å². The van der Waals surface area contributed by atoms with Crippen molar-refractivity contribution in [3.8, 4) is 0 Å². The van der Waals surface area contributed by atoms with Crippen LogP contribution in [0, 0.1) is 0 Å². The van der Waals surface area contributed by atoms with Gasteiger partial charge >= 0.3 is 5.97 Å². The third-order valence-corrected chi connectivity index (χ3v) is 3.32. The summed E-state index contributed by atoms with van der Waals surface area (Å²) in [6.07, 6.45) is 2.23. The summed E-state index contributed by atoms with van der Waals surface area (Å²) in [5.41, 5.74) is 0.757. The Morgan fingerprint density at radius 3 is 2.40 bits per heavy atom. The molecule has 20 heavy (non-hydrogen) atoms. The molecule has 0 spiro atoms. The summed E-state index contributed by atoms with van der Waals surface area (Å²) in [6.45, 7) is 4.76. The number of carbonyl (C=O) groups excluding carboxylic acids is 2. The molecule has 0 fully saturated rings. The van der Waals surface area contributed by atoms with Crippen LogP contribution in [0.2, 0.25) is 0 Å². The van der Waals surface area contributed by atoms with Crippen LogP contribution < -0.4 is 0 Å².